The van der Waals surface area contributed by atoms with Crippen molar-refractivity contribution in [3.63, 3.8) is 0 Å². The zero-order valence-electron chi connectivity index (χ0n) is 12.6. The van der Waals surface area contributed by atoms with Crippen molar-refractivity contribution < 1.29 is 19.1 Å². The SMILES string of the molecule is COC(=O)c1cccc(NC(=O)[C@H](NC(C)=O)C(C)C)c1. The summed E-state index contributed by atoms with van der Waals surface area (Å²) in [6.07, 6.45) is 0. The fourth-order valence-electron chi connectivity index (χ4n) is 1.82. The molecule has 0 aliphatic carbocycles. The van der Waals surface area contributed by atoms with Crippen molar-refractivity contribution >= 4 is 23.5 Å². The van der Waals surface area contributed by atoms with Crippen molar-refractivity contribution in [3.05, 3.63) is 29.8 Å². The van der Waals surface area contributed by atoms with E-state index in [4.69, 9.17) is 0 Å². The monoisotopic (exact) mass is 292 g/mol. The molecule has 2 N–H and O–H groups in total. The zero-order chi connectivity index (χ0) is 16.0. The standard InChI is InChI=1S/C15H20N2O4/c1-9(2)13(16-10(3)18)14(19)17-12-7-5-6-11(8-12)15(20)21-4/h5-9,13H,1-4H3,(H,16,18)(H,17,19)/t13-/m1/s1. The molecule has 1 aromatic carbocycles. The van der Waals surface area contributed by atoms with Crippen LogP contribution in [0.25, 0.3) is 0 Å². The molecular weight excluding hydrogens is 272 g/mol. The molecule has 1 atom stereocenters. The van der Waals surface area contributed by atoms with Crippen molar-refractivity contribution in [1.82, 2.24) is 5.32 Å². The first-order chi connectivity index (χ1) is 9.85. The topological polar surface area (TPSA) is 84.5 Å². The van der Waals surface area contributed by atoms with Gasteiger partial charge in [-0.2, -0.15) is 0 Å². The van der Waals surface area contributed by atoms with Crippen LogP contribution in [-0.2, 0) is 14.3 Å². The largest absolute Gasteiger partial charge is 0.465 e. The lowest BCUT2D eigenvalue weighted by molar-refractivity contribution is -0.126. The Kier molecular flexibility index (Phi) is 5.90. The lowest BCUT2D eigenvalue weighted by Crippen LogP contribution is -2.46. The number of carbonyl (C=O) groups is 3. The maximum atomic E-state index is 12.2. The number of hydrogen-bond acceptors (Lipinski definition) is 4. The quantitative estimate of drug-likeness (QED) is 0.807. The number of esters is 1. The summed E-state index contributed by atoms with van der Waals surface area (Å²) in [4.78, 5) is 34.8. The molecule has 0 heterocycles. The fraction of sp³-hybridized carbons (Fsp3) is 0.400. The lowest BCUT2D eigenvalue weighted by atomic mass is 10.0. The van der Waals surface area contributed by atoms with E-state index in [9.17, 15) is 14.4 Å². The summed E-state index contributed by atoms with van der Waals surface area (Å²) in [7, 11) is 1.29. The second-order valence-electron chi connectivity index (χ2n) is 4.98. The van der Waals surface area contributed by atoms with Crippen LogP contribution in [0.5, 0.6) is 0 Å². The Bertz CT molecular complexity index is 540. The van der Waals surface area contributed by atoms with Crippen LogP contribution in [0.1, 0.15) is 31.1 Å². The predicted molar refractivity (Wildman–Crippen MR) is 78.9 cm³/mol. The van der Waals surface area contributed by atoms with Gasteiger partial charge in [0, 0.05) is 12.6 Å². The second-order valence-corrected chi connectivity index (χ2v) is 4.98. The first-order valence-electron chi connectivity index (χ1n) is 6.61. The molecule has 2 amide bonds. The van der Waals surface area contributed by atoms with Crippen molar-refractivity contribution in [2.24, 2.45) is 5.92 Å². The summed E-state index contributed by atoms with van der Waals surface area (Å²) in [5.41, 5.74) is 0.815. The van der Waals surface area contributed by atoms with E-state index in [1.807, 2.05) is 13.8 Å². The molecule has 0 aromatic heterocycles. The molecule has 0 bridgehead atoms. The molecule has 0 saturated carbocycles. The van der Waals surface area contributed by atoms with Gasteiger partial charge in [-0.25, -0.2) is 4.79 Å². The van der Waals surface area contributed by atoms with Crippen LogP contribution in [0.4, 0.5) is 5.69 Å². The van der Waals surface area contributed by atoms with Gasteiger partial charge in [-0.15, -0.1) is 0 Å². The third kappa shape index (κ3) is 4.91. The third-order valence-corrected chi connectivity index (χ3v) is 2.86. The van der Waals surface area contributed by atoms with Gasteiger partial charge in [0.1, 0.15) is 6.04 Å². The summed E-state index contributed by atoms with van der Waals surface area (Å²) < 4.78 is 4.63. The summed E-state index contributed by atoms with van der Waals surface area (Å²) in [6.45, 7) is 5.04. The first-order valence-corrected chi connectivity index (χ1v) is 6.61. The third-order valence-electron chi connectivity index (χ3n) is 2.86. The van der Waals surface area contributed by atoms with E-state index in [1.165, 1.54) is 20.1 Å². The molecule has 0 unspecified atom stereocenters. The number of anilines is 1. The van der Waals surface area contributed by atoms with E-state index >= 15 is 0 Å². The van der Waals surface area contributed by atoms with Gasteiger partial charge in [0.2, 0.25) is 11.8 Å². The van der Waals surface area contributed by atoms with E-state index in [-0.39, 0.29) is 17.7 Å². The Morgan fingerprint density at radius 1 is 1.19 bits per heavy atom. The van der Waals surface area contributed by atoms with Crippen molar-refractivity contribution in [3.8, 4) is 0 Å². The average Bonchev–Trinajstić information content (AvgIpc) is 2.43. The predicted octanol–water partition coefficient (Wildman–Crippen LogP) is 1.57. The maximum Gasteiger partial charge on any atom is 0.337 e. The molecule has 6 nitrogen and oxygen atoms in total. The molecule has 114 valence electrons. The molecule has 1 rings (SSSR count). The molecule has 0 aliphatic heterocycles. The van der Waals surface area contributed by atoms with Gasteiger partial charge in [0.25, 0.3) is 0 Å². The number of methoxy groups -OCH3 is 1. The summed E-state index contributed by atoms with van der Waals surface area (Å²) >= 11 is 0. The highest BCUT2D eigenvalue weighted by Gasteiger charge is 2.23. The lowest BCUT2D eigenvalue weighted by Gasteiger charge is -2.21. The van der Waals surface area contributed by atoms with Gasteiger partial charge in [0.05, 0.1) is 12.7 Å². The highest BCUT2D eigenvalue weighted by molar-refractivity contribution is 5.98. The Hall–Kier alpha value is -2.37. The minimum atomic E-state index is -0.635. The Balaban J connectivity index is 2.86. The van der Waals surface area contributed by atoms with E-state index in [1.54, 1.807) is 18.2 Å². The average molecular weight is 292 g/mol. The number of ether oxygens (including phenoxy) is 1. The molecular formula is C15H20N2O4. The summed E-state index contributed by atoms with van der Waals surface area (Å²) in [6, 6.07) is 5.79. The van der Waals surface area contributed by atoms with Gasteiger partial charge in [-0.1, -0.05) is 19.9 Å². The van der Waals surface area contributed by atoms with Crippen LogP contribution in [-0.4, -0.2) is 30.9 Å². The highest BCUT2D eigenvalue weighted by atomic mass is 16.5. The van der Waals surface area contributed by atoms with Crippen LogP contribution in [0, 0.1) is 5.92 Å². The van der Waals surface area contributed by atoms with Crippen LogP contribution < -0.4 is 10.6 Å². The number of nitrogens with one attached hydrogen (secondary N) is 2. The molecule has 21 heavy (non-hydrogen) atoms. The number of hydrogen-bond donors (Lipinski definition) is 2. The van der Waals surface area contributed by atoms with E-state index in [2.05, 4.69) is 15.4 Å². The minimum Gasteiger partial charge on any atom is -0.465 e. The Morgan fingerprint density at radius 3 is 2.38 bits per heavy atom. The maximum absolute atomic E-state index is 12.2. The normalized spacial score (nSPS) is 11.7. The Morgan fingerprint density at radius 2 is 1.86 bits per heavy atom. The van der Waals surface area contributed by atoms with Crippen molar-refractivity contribution in [1.29, 1.82) is 0 Å². The number of rotatable bonds is 5. The number of benzene rings is 1. The zero-order valence-corrected chi connectivity index (χ0v) is 12.6. The number of carbonyl (C=O) groups excluding carboxylic acids is 3. The fourth-order valence-corrected chi connectivity index (χ4v) is 1.82. The van der Waals surface area contributed by atoms with Crippen LogP contribution in [0.15, 0.2) is 24.3 Å². The van der Waals surface area contributed by atoms with Gasteiger partial charge < -0.3 is 15.4 Å². The van der Waals surface area contributed by atoms with Crippen LogP contribution >= 0.6 is 0 Å². The molecule has 0 fully saturated rings. The Labute approximate surface area is 123 Å². The first kappa shape index (κ1) is 16.7. The van der Waals surface area contributed by atoms with Crippen molar-refractivity contribution in [2.45, 2.75) is 26.8 Å². The van der Waals surface area contributed by atoms with Crippen LogP contribution in [0.2, 0.25) is 0 Å². The van der Waals surface area contributed by atoms with Gasteiger partial charge in [-0.3, -0.25) is 9.59 Å². The second kappa shape index (κ2) is 7.42. The van der Waals surface area contributed by atoms with Gasteiger partial charge in [0.15, 0.2) is 0 Å². The molecule has 0 saturated heterocycles. The van der Waals surface area contributed by atoms with Gasteiger partial charge >= 0.3 is 5.97 Å². The summed E-state index contributed by atoms with van der Waals surface area (Å²) in [5, 5.41) is 5.29. The van der Waals surface area contributed by atoms with E-state index < -0.39 is 12.0 Å². The van der Waals surface area contributed by atoms with Crippen molar-refractivity contribution in [2.75, 3.05) is 12.4 Å². The summed E-state index contributed by atoms with van der Waals surface area (Å²) in [5.74, 6) is -1.14. The van der Waals surface area contributed by atoms with E-state index in [0.717, 1.165) is 0 Å². The number of amides is 2. The molecule has 6 heteroatoms. The molecule has 0 aliphatic rings. The smallest absolute Gasteiger partial charge is 0.337 e. The molecule has 0 spiro atoms. The van der Waals surface area contributed by atoms with Gasteiger partial charge in [-0.05, 0) is 24.1 Å². The molecule has 0 radical (unpaired) electrons. The van der Waals surface area contributed by atoms with E-state index in [0.29, 0.717) is 11.3 Å². The molecule has 1 aromatic rings. The highest BCUT2D eigenvalue weighted by Crippen LogP contribution is 2.13. The minimum absolute atomic E-state index is 0.0577. The van der Waals surface area contributed by atoms with Crippen LogP contribution in [0.3, 0.4) is 0 Å².